The Balaban J connectivity index is 2.16. The third kappa shape index (κ3) is 5.66. The van der Waals surface area contributed by atoms with Crippen LogP contribution in [0.15, 0.2) is 59.5 Å². The zero-order valence-corrected chi connectivity index (χ0v) is 15.8. The molecule has 0 bridgehead atoms. The van der Waals surface area contributed by atoms with Gasteiger partial charge in [-0.05, 0) is 43.4 Å². The van der Waals surface area contributed by atoms with Gasteiger partial charge >= 0.3 is 0 Å². The fourth-order valence-electron chi connectivity index (χ4n) is 2.72. The van der Waals surface area contributed by atoms with Crippen LogP contribution in [0, 0.1) is 12.8 Å². The van der Waals surface area contributed by atoms with Gasteiger partial charge in [-0.3, -0.25) is 0 Å². The molecule has 0 heterocycles. The number of hydrogen-bond acceptors (Lipinski definition) is 3. The summed E-state index contributed by atoms with van der Waals surface area (Å²) < 4.78 is 28.0. The second-order valence-corrected chi connectivity index (χ2v) is 8.51. The number of benzene rings is 2. The number of rotatable bonds is 8. The van der Waals surface area contributed by atoms with Crippen molar-refractivity contribution in [3.8, 4) is 0 Å². The molecule has 2 atom stereocenters. The van der Waals surface area contributed by atoms with Gasteiger partial charge < -0.3 is 5.11 Å². The molecule has 136 valence electrons. The quantitative estimate of drug-likeness (QED) is 0.758. The zero-order valence-electron chi connectivity index (χ0n) is 15.0. The Morgan fingerprint density at radius 1 is 1.00 bits per heavy atom. The number of aliphatic hydroxyl groups excluding tert-OH is 1. The minimum atomic E-state index is -3.67. The van der Waals surface area contributed by atoms with E-state index in [1.165, 1.54) is 0 Å². The maximum atomic E-state index is 12.7. The second-order valence-electron chi connectivity index (χ2n) is 6.80. The topological polar surface area (TPSA) is 66.4 Å². The highest BCUT2D eigenvalue weighted by atomic mass is 32.2. The first-order valence-corrected chi connectivity index (χ1v) is 10.1. The lowest BCUT2D eigenvalue weighted by molar-refractivity contribution is 0.0885. The van der Waals surface area contributed by atoms with Crippen molar-refractivity contribution < 1.29 is 13.5 Å². The van der Waals surface area contributed by atoms with Crippen LogP contribution in [0.5, 0.6) is 0 Å². The van der Waals surface area contributed by atoms with E-state index in [9.17, 15) is 13.5 Å². The van der Waals surface area contributed by atoms with Gasteiger partial charge in [-0.1, -0.05) is 61.9 Å². The molecule has 0 unspecified atom stereocenters. The Morgan fingerprint density at radius 2 is 1.60 bits per heavy atom. The molecule has 0 fully saturated rings. The number of sulfonamides is 1. The molecule has 2 rings (SSSR count). The Hall–Kier alpha value is -1.69. The summed E-state index contributed by atoms with van der Waals surface area (Å²) in [5, 5.41) is 10.5. The van der Waals surface area contributed by atoms with Gasteiger partial charge in [0.25, 0.3) is 0 Å². The van der Waals surface area contributed by atoms with E-state index in [1.807, 2.05) is 51.1 Å². The third-order valence-corrected chi connectivity index (χ3v) is 5.83. The second kappa shape index (κ2) is 8.61. The van der Waals surface area contributed by atoms with Crippen LogP contribution in [-0.4, -0.2) is 25.7 Å². The first kappa shape index (κ1) is 19.6. The van der Waals surface area contributed by atoms with Crippen LogP contribution in [0.25, 0.3) is 0 Å². The van der Waals surface area contributed by atoms with Crippen molar-refractivity contribution in [2.45, 2.75) is 50.7 Å². The van der Waals surface area contributed by atoms with Crippen molar-refractivity contribution in [1.82, 2.24) is 4.72 Å². The largest absolute Gasteiger partial charge is 0.391 e. The third-order valence-electron chi connectivity index (χ3n) is 4.32. The van der Waals surface area contributed by atoms with Crippen molar-refractivity contribution in [1.29, 1.82) is 0 Å². The Morgan fingerprint density at radius 3 is 2.16 bits per heavy atom. The Kier molecular flexibility index (Phi) is 6.76. The van der Waals surface area contributed by atoms with Crippen molar-refractivity contribution >= 4 is 10.0 Å². The predicted octanol–water partition coefficient (Wildman–Crippen LogP) is 3.29. The standard InChI is InChI=1S/C20H27NO3S/c1-15(2)20(22)19(14-11-17-7-5-4-6-8-17)21-25(23,24)18-12-9-16(3)10-13-18/h4-10,12-13,15,19-22H,11,14H2,1-3H3/t19-,20-/m1/s1. The van der Waals surface area contributed by atoms with Gasteiger partial charge in [0.2, 0.25) is 10.0 Å². The van der Waals surface area contributed by atoms with Crippen molar-refractivity contribution in [2.24, 2.45) is 5.92 Å². The van der Waals surface area contributed by atoms with Crippen molar-refractivity contribution in [2.75, 3.05) is 0 Å². The molecule has 0 aromatic heterocycles. The van der Waals surface area contributed by atoms with Gasteiger partial charge in [-0.2, -0.15) is 0 Å². The monoisotopic (exact) mass is 361 g/mol. The van der Waals surface area contributed by atoms with Crippen LogP contribution in [0.3, 0.4) is 0 Å². The first-order valence-electron chi connectivity index (χ1n) is 8.60. The molecular weight excluding hydrogens is 334 g/mol. The summed E-state index contributed by atoms with van der Waals surface area (Å²) in [5.41, 5.74) is 2.12. The van der Waals surface area contributed by atoms with E-state index in [1.54, 1.807) is 24.3 Å². The number of hydrogen-bond donors (Lipinski definition) is 2. The molecule has 0 aliphatic heterocycles. The number of aliphatic hydroxyl groups is 1. The van der Waals surface area contributed by atoms with Crippen LogP contribution >= 0.6 is 0 Å². The van der Waals surface area contributed by atoms with E-state index in [4.69, 9.17) is 0 Å². The lowest BCUT2D eigenvalue weighted by Gasteiger charge is -2.26. The smallest absolute Gasteiger partial charge is 0.240 e. The fraction of sp³-hybridized carbons (Fsp3) is 0.400. The average Bonchev–Trinajstić information content (AvgIpc) is 2.59. The molecule has 0 amide bonds. The maximum Gasteiger partial charge on any atom is 0.240 e. The first-order chi connectivity index (χ1) is 11.8. The van der Waals surface area contributed by atoms with E-state index in [-0.39, 0.29) is 10.8 Å². The van der Waals surface area contributed by atoms with E-state index in [0.29, 0.717) is 12.8 Å². The van der Waals surface area contributed by atoms with Gasteiger partial charge in [0.1, 0.15) is 0 Å². The van der Waals surface area contributed by atoms with Gasteiger partial charge in [0, 0.05) is 6.04 Å². The van der Waals surface area contributed by atoms with Crippen LogP contribution in [0.2, 0.25) is 0 Å². The molecule has 0 spiro atoms. The van der Waals surface area contributed by atoms with E-state index >= 15 is 0 Å². The minimum absolute atomic E-state index is 0.0403. The van der Waals surface area contributed by atoms with Crippen LogP contribution in [0.1, 0.15) is 31.4 Å². The SMILES string of the molecule is Cc1ccc(S(=O)(=O)N[C@H](CCc2ccccc2)[C@H](O)C(C)C)cc1. The molecule has 0 aliphatic carbocycles. The van der Waals surface area contributed by atoms with Gasteiger partial charge in [-0.15, -0.1) is 0 Å². The van der Waals surface area contributed by atoms with Gasteiger partial charge in [0.15, 0.2) is 0 Å². The maximum absolute atomic E-state index is 12.7. The summed E-state index contributed by atoms with van der Waals surface area (Å²) in [6.45, 7) is 5.69. The molecule has 0 radical (unpaired) electrons. The van der Waals surface area contributed by atoms with Gasteiger partial charge in [0.05, 0.1) is 11.0 Å². The lowest BCUT2D eigenvalue weighted by atomic mass is 9.95. The molecule has 0 saturated carbocycles. The zero-order chi connectivity index (χ0) is 18.4. The average molecular weight is 362 g/mol. The van der Waals surface area contributed by atoms with Crippen LogP contribution in [0.4, 0.5) is 0 Å². The highest BCUT2D eigenvalue weighted by molar-refractivity contribution is 7.89. The summed E-state index contributed by atoms with van der Waals surface area (Å²) in [5.74, 6) is -0.0403. The summed E-state index contributed by atoms with van der Waals surface area (Å²) >= 11 is 0. The summed E-state index contributed by atoms with van der Waals surface area (Å²) in [7, 11) is -3.67. The number of nitrogens with one attached hydrogen (secondary N) is 1. The summed E-state index contributed by atoms with van der Waals surface area (Å²) in [4.78, 5) is 0.221. The van der Waals surface area contributed by atoms with Crippen molar-refractivity contribution in [3.63, 3.8) is 0 Å². The van der Waals surface area contributed by atoms with Crippen LogP contribution < -0.4 is 4.72 Å². The molecular formula is C20H27NO3S. The predicted molar refractivity (Wildman–Crippen MR) is 101 cm³/mol. The molecule has 0 saturated heterocycles. The molecule has 2 aromatic rings. The molecule has 25 heavy (non-hydrogen) atoms. The Bertz CT molecular complexity index is 755. The van der Waals surface area contributed by atoms with E-state index in [2.05, 4.69) is 4.72 Å². The molecule has 2 N–H and O–H groups in total. The Labute approximate surface area is 151 Å². The normalized spacial score (nSPS) is 14.4. The minimum Gasteiger partial charge on any atom is -0.391 e. The fourth-order valence-corrected chi connectivity index (χ4v) is 4.00. The van der Waals surface area contributed by atoms with E-state index < -0.39 is 22.2 Å². The van der Waals surface area contributed by atoms with E-state index in [0.717, 1.165) is 11.1 Å². The summed E-state index contributed by atoms with van der Waals surface area (Å²) in [6, 6.07) is 16.1. The lowest BCUT2D eigenvalue weighted by Crippen LogP contribution is -2.45. The van der Waals surface area contributed by atoms with Crippen molar-refractivity contribution in [3.05, 3.63) is 65.7 Å². The highest BCUT2D eigenvalue weighted by Gasteiger charge is 2.27. The van der Waals surface area contributed by atoms with Crippen LogP contribution in [-0.2, 0) is 16.4 Å². The summed E-state index contributed by atoms with van der Waals surface area (Å²) in [6.07, 6.45) is 0.490. The van der Waals surface area contributed by atoms with Gasteiger partial charge in [-0.25, -0.2) is 13.1 Å². The molecule has 2 aromatic carbocycles. The number of aryl methyl sites for hydroxylation is 2. The molecule has 4 nitrogen and oxygen atoms in total. The molecule has 0 aliphatic rings. The highest BCUT2D eigenvalue weighted by Crippen LogP contribution is 2.17. The molecule has 5 heteroatoms.